The fourth-order valence-corrected chi connectivity index (χ4v) is 3.94. The molecule has 24 heavy (non-hydrogen) atoms. The van der Waals surface area contributed by atoms with Crippen molar-refractivity contribution in [3.8, 4) is 0 Å². The summed E-state index contributed by atoms with van der Waals surface area (Å²) in [6, 6.07) is 6.46. The van der Waals surface area contributed by atoms with Gasteiger partial charge < -0.3 is 5.73 Å². The highest BCUT2D eigenvalue weighted by Crippen LogP contribution is 2.31. The van der Waals surface area contributed by atoms with Gasteiger partial charge in [0.15, 0.2) is 0 Å². The van der Waals surface area contributed by atoms with Crippen LogP contribution in [-0.4, -0.2) is 50.0 Å². The number of nitrogens with one attached hydrogen (secondary N) is 1. The normalized spacial score (nSPS) is 18.8. The number of hydrogen-bond acceptors (Lipinski definition) is 5. The van der Waals surface area contributed by atoms with E-state index in [1.54, 1.807) is 24.3 Å². The molecular weight excluding hydrogens is 330 g/mol. The molecule has 0 saturated heterocycles. The zero-order chi connectivity index (χ0) is 17.3. The fourth-order valence-electron chi connectivity index (χ4n) is 2.84. The minimum Gasteiger partial charge on any atom is -0.326 e. The lowest BCUT2D eigenvalue weighted by atomic mass is 10.1. The summed E-state index contributed by atoms with van der Waals surface area (Å²) in [7, 11) is -3.46. The predicted molar refractivity (Wildman–Crippen MR) is 88.9 cm³/mol. The van der Waals surface area contributed by atoms with Gasteiger partial charge in [-0.25, -0.2) is 13.1 Å². The van der Waals surface area contributed by atoms with Gasteiger partial charge in [-0.05, 0) is 37.3 Å². The van der Waals surface area contributed by atoms with Crippen molar-refractivity contribution in [2.24, 2.45) is 11.7 Å². The highest BCUT2D eigenvalue weighted by atomic mass is 32.2. The van der Waals surface area contributed by atoms with Crippen molar-refractivity contribution in [1.82, 2.24) is 9.62 Å². The molecule has 0 aromatic heterocycles. The van der Waals surface area contributed by atoms with Gasteiger partial charge >= 0.3 is 0 Å². The predicted octanol–water partition coefficient (Wildman–Crippen LogP) is 0.329. The summed E-state index contributed by atoms with van der Waals surface area (Å²) in [5.74, 6) is -0.447. The zero-order valence-electron chi connectivity index (χ0n) is 13.3. The molecule has 1 aromatic carbocycles. The van der Waals surface area contributed by atoms with Gasteiger partial charge in [-0.3, -0.25) is 14.5 Å². The molecule has 2 amide bonds. The molecule has 1 heterocycles. The Morgan fingerprint density at radius 1 is 1.17 bits per heavy atom. The van der Waals surface area contributed by atoms with Crippen molar-refractivity contribution >= 4 is 21.8 Å². The Labute approximate surface area is 141 Å². The molecule has 0 spiro atoms. The summed E-state index contributed by atoms with van der Waals surface area (Å²) in [5.41, 5.74) is 6.62. The number of amides is 2. The molecular formula is C16H21N3O4S. The Balaban J connectivity index is 1.49. The molecule has 1 aliphatic heterocycles. The highest BCUT2D eigenvalue weighted by molar-refractivity contribution is 7.89. The molecule has 2 aliphatic rings. The first-order valence-electron chi connectivity index (χ1n) is 8.07. The second-order valence-corrected chi connectivity index (χ2v) is 8.26. The van der Waals surface area contributed by atoms with E-state index in [-0.39, 0.29) is 43.1 Å². The van der Waals surface area contributed by atoms with Crippen molar-refractivity contribution in [1.29, 1.82) is 0 Å². The summed E-state index contributed by atoms with van der Waals surface area (Å²) in [4.78, 5) is 25.5. The van der Waals surface area contributed by atoms with Crippen molar-refractivity contribution in [2.75, 3.05) is 18.8 Å². The first-order chi connectivity index (χ1) is 11.4. The van der Waals surface area contributed by atoms with E-state index in [1.165, 1.54) is 0 Å². The molecule has 3 N–H and O–H groups in total. The van der Waals surface area contributed by atoms with Crippen LogP contribution in [0, 0.1) is 5.92 Å². The molecule has 7 nitrogen and oxygen atoms in total. The van der Waals surface area contributed by atoms with Gasteiger partial charge in [-0.1, -0.05) is 12.1 Å². The summed E-state index contributed by atoms with van der Waals surface area (Å²) in [6.07, 6.45) is 2.31. The topological polar surface area (TPSA) is 110 Å². The van der Waals surface area contributed by atoms with E-state index in [0.29, 0.717) is 17.0 Å². The van der Waals surface area contributed by atoms with Gasteiger partial charge in [0, 0.05) is 19.1 Å². The van der Waals surface area contributed by atoms with Crippen LogP contribution in [0.25, 0.3) is 0 Å². The molecule has 0 bridgehead atoms. The van der Waals surface area contributed by atoms with Crippen LogP contribution in [0.1, 0.15) is 40.0 Å². The van der Waals surface area contributed by atoms with Gasteiger partial charge in [0.25, 0.3) is 11.8 Å². The first kappa shape index (κ1) is 17.1. The van der Waals surface area contributed by atoms with Crippen LogP contribution < -0.4 is 10.5 Å². The van der Waals surface area contributed by atoms with E-state index >= 15 is 0 Å². The molecule has 3 rings (SSSR count). The second-order valence-electron chi connectivity index (χ2n) is 6.33. The summed E-state index contributed by atoms with van der Waals surface area (Å²) in [5, 5.41) is 0. The molecule has 130 valence electrons. The minimum absolute atomic E-state index is 0.0853. The number of nitrogens with zero attached hydrogens (tertiary/aromatic N) is 1. The number of benzene rings is 1. The number of carbonyl (C=O) groups is 2. The molecule has 8 heteroatoms. The van der Waals surface area contributed by atoms with Crippen LogP contribution in [0.4, 0.5) is 0 Å². The number of carbonyl (C=O) groups excluding carboxylic acids is 2. The molecule has 1 aliphatic carbocycles. The van der Waals surface area contributed by atoms with E-state index in [1.807, 2.05) is 0 Å². The largest absolute Gasteiger partial charge is 0.326 e. The molecule has 1 saturated carbocycles. The maximum Gasteiger partial charge on any atom is 0.261 e. The van der Waals surface area contributed by atoms with E-state index < -0.39 is 10.0 Å². The quantitative estimate of drug-likeness (QED) is 0.656. The maximum absolute atomic E-state index is 12.2. The number of sulfonamides is 1. The van der Waals surface area contributed by atoms with Gasteiger partial charge in [0.1, 0.15) is 0 Å². The lowest BCUT2D eigenvalue weighted by molar-refractivity contribution is 0.0654. The average Bonchev–Trinajstić information content (AvgIpc) is 3.37. The standard InChI is InChI=1S/C16H21N3O4S/c17-14(11-6-7-11)10-18-24(22,23)9-3-8-19-15(20)12-4-1-2-5-13(12)16(19)21/h1-2,4-5,11,14,18H,3,6-10,17H2. The monoisotopic (exact) mass is 351 g/mol. The van der Waals surface area contributed by atoms with Gasteiger partial charge in [-0.2, -0.15) is 0 Å². The van der Waals surface area contributed by atoms with Gasteiger partial charge in [0.2, 0.25) is 10.0 Å². The van der Waals surface area contributed by atoms with E-state index in [9.17, 15) is 18.0 Å². The lowest BCUT2D eigenvalue weighted by Crippen LogP contribution is -2.40. The highest BCUT2D eigenvalue weighted by Gasteiger charge is 2.35. The summed E-state index contributed by atoms with van der Waals surface area (Å²) >= 11 is 0. The molecule has 0 radical (unpaired) electrons. The maximum atomic E-state index is 12.2. The van der Waals surface area contributed by atoms with Crippen LogP contribution in [0.3, 0.4) is 0 Å². The Bertz CT molecular complexity index is 723. The Hall–Kier alpha value is -1.77. The number of nitrogens with two attached hydrogens (primary N) is 1. The van der Waals surface area contributed by atoms with E-state index in [2.05, 4.69) is 4.72 Å². The third kappa shape index (κ3) is 3.66. The second kappa shape index (κ2) is 6.62. The Kier molecular flexibility index (Phi) is 4.71. The smallest absolute Gasteiger partial charge is 0.261 e. The van der Waals surface area contributed by atoms with Crippen LogP contribution in [0.2, 0.25) is 0 Å². The molecule has 1 atom stereocenters. The lowest BCUT2D eigenvalue weighted by Gasteiger charge is -2.15. The summed E-state index contributed by atoms with van der Waals surface area (Å²) in [6.45, 7) is 0.321. The minimum atomic E-state index is -3.46. The Morgan fingerprint density at radius 3 is 2.29 bits per heavy atom. The zero-order valence-corrected chi connectivity index (χ0v) is 14.1. The van der Waals surface area contributed by atoms with Crippen LogP contribution in [0.15, 0.2) is 24.3 Å². The van der Waals surface area contributed by atoms with E-state index in [4.69, 9.17) is 5.73 Å². The van der Waals surface area contributed by atoms with Crippen molar-refractivity contribution < 1.29 is 18.0 Å². The van der Waals surface area contributed by atoms with Gasteiger partial charge in [0.05, 0.1) is 16.9 Å². The van der Waals surface area contributed by atoms with Crippen LogP contribution >= 0.6 is 0 Å². The number of imide groups is 1. The summed E-state index contributed by atoms with van der Waals surface area (Å²) < 4.78 is 26.5. The Morgan fingerprint density at radius 2 is 1.75 bits per heavy atom. The van der Waals surface area contributed by atoms with E-state index in [0.717, 1.165) is 17.7 Å². The van der Waals surface area contributed by atoms with Crippen LogP contribution in [-0.2, 0) is 10.0 Å². The average molecular weight is 351 g/mol. The first-order valence-corrected chi connectivity index (χ1v) is 9.72. The number of fused-ring (bicyclic) bond motifs is 1. The van der Waals surface area contributed by atoms with Crippen molar-refractivity contribution in [2.45, 2.75) is 25.3 Å². The van der Waals surface area contributed by atoms with Crippen LogP contribution in [0.5, 0.6) is 0 Å². The fraction of sp³-hybridized carbons (Fsp3) is 0.500. The number of rotatable bonds is 8. The van der Waals surface area contributed by atoms with Crippen molar-refractivity contribution in [3.63, 3.8) is 0 Å². The third-order valence-electron chi connectivity index (χ3n) is 4.44. The van der Waals surface area contributed by atoms with Gasteiger partial charge in [-0.15, -0.1) is 0 Å². The molecule has 1 unspecified atom stereocenters. The SMILES string of the molecule is NC(CNS(=O)(=O)CCCN1C(=O)c2ccccc2C1=O)C1CC1. The van der Waals surface area contributed by atoms with Crippen molar-refractivity contribution in [3.05, 3.63) is 35.4 Å². The molecule has 1 fully saturated rings. The third-order valence-corrected chi connectivity index (χ3v) is 5.87. The number of hydrogen-bond donors (Lipinski definition) is 2. The molecule has 1 aromatic rings.